The highest BCUT2D eigenvalue weighted by Gasteiger charge is 2.16. The highest BCUT2D eigenvalue weighted by Crippen LogP contribution is 2.33. The lowest BCUT2D eigenvalue weighted by Crippen LogP contribution is -2.15. The minimum atomic E-state index is 0.0755. The molecular formula is C18H20N2OS. The molecule has 4 heteroatoms. The lowest BCUT2D eigenvalue weighted by atomic mass is 10.1. The van der Waals surface area contributed by atoms with Crippen LogP contribution in [0.5, 0.6) is 5.75 Å². The van der Waals surface area contributed by atoms with E-state index in [-0.39, 0.29) is 6.10 Å². The van der Waals surface area contributed by atoms with Gasteiger partial charge in [0.25, 0.3) is 0 Å². The lowest BCUT2D eigenvalue weighted by Gasteiger charge is -2.19. The number of benzene rings is 1. The van der Waals surface area contributed by atoms with Crippen LogP contribution >= 0.6 is 11.3 Å². The Morgan fingerprint density at radius 3 is 2.86 bits per heavy atom. The predicted octanol–water partition coefficient (Wildman–Crippen LogP) is 4.33. The molecule has 0 amide bonds. The van der Waals surface area contributed by atoms with Gasteiger partial charge in [-0.15, -0.1) is 11.3 Å². The Balaban J connectivity index is 1.94. The monoisotopic (exact) mass is 312 g/mol. The summed E-state index contributed by atoms with van der Waals surface area (Å²) in [6, 6.07) is 12.4. The van der Waals surface area contributed by atoms with Gasteiger partial charge in [0.15, 0.2) is 0 Å². The van der Waals surface area contributed by atoms with Crippen molar-refractivity contribution in [3.63, 3.8) is 0 Å². The largest absolute Gasteiger partial charge is 0.484 e. The standard InChI is InChI=1S/C18H20N2OS/c1-13-14-5-3-6-16(15(14)8-11-20-13)21-17(9-10-19-2)18-7-4-12-22-18/h3-8,11-12,17,19H,9-10H2,1-2H3. The molecule has 0 spiro atoms. The third-order valence-electron chi connectivity index (χ3n) is 3.75. The molecule has 1 N–H and O–H groups in total. The van der Waals surface area contributed by atoms with E-state index in [1.54, 1.807) is 11.3 Å². The van der Waals surface area contributed by atoms with Crippen LogP contribution < -0.4 is 10.1 Å². The molecular weight excluding hydrogens is 292 g/mol. The molecule has 2 heterocycles. The quantitative estimate of drug-likeness (QED) is 0.735. The summed E-state index contributed by atoms with van der Waals surface area (Å²) in [5.74, 6) is 0.928. The van der Waals surface area contributed by atoms with Gasteiger partial charge in [0.05, 0.1) is 0 Å². The Morgan fingerprint density at radius 1 is 1.18 bits per heavy atom. The first kappa shape index (κ1) is 15.0. The molecule has 0 saturated carbocycles. The molecule has 1 unspecified atom stereocenters. The molecule has 22 heavy (non-hydrogen) atoms. The average molecular weight is 312 g/mol. The second-order valence-corrected chi connectivity index (χ2v) is 6.24. The highest BCUT2D eigenvalue weighted by atomic mass is 32.1. The molecule has 3 rings (SSSR count). The van der Waals surface area contributed by atoms with Crippen molar-refractivity contribution in [2.75, 3.05) is 13.6 Å². The summed E-state index contributed by atoms with van der Waals surface area (Å²) >= 11 is 1.74. The Hall–Kier alpha value is -1.91. The van der Waals surface area contributed by atoms with Crippen LogP contribution in [-0.4, -0.2) is 18.6 Å². The molecule has 3 nitrogen and oxygen atoms in total. The van der Waals surface area contributed by atoms with Gasteiger partial charge in [-0.1, -0.05) is 18.2 Å². The Labute approximate surface area is 135 Å². The smallest absolute Gasteiger partial charge is 0.134 e. The number of aryl methyl sites for hydroxylation is 1. The summed E-state index contributed by atoms with van der Waals surface area (Å²) in [5, 5.41) is 7.58. The summed E-state index contributed by atoms with van der Waals surface area (Å²) in [4.78, 5) is 5.63. The zero-order chi connectivity index (χ0) is 15.4. The maximum absolute atomic E-state index is 6.37. The zero-order valence-electron chi connectivity index (χ0n) is 12.9. The molecule has 0 radical (unpaired) electrons. The van der Waals surface area contributed by atoms with Crippen molar-refractivity contribution in [2.45, 2.75) is 19.4 Å². The Bertz CT molecular complexity index is 740. The molecule has 0 fully saturated rings. The van der Waals surface area contributed by atoms with Crippen LogP contribution in [0.2, 0.25) is 0 Å². The highest BCUT2D eigenvalue weighted by molar-refractivity contribution is 7.10. The number of ether oxygens (including phenoxy) is 1. The van der Waals surface area contributed by atoms with Crippen LogP contribution in [0.4, 0.5) is 0 Å². The van der Waals surface area contributed by atoms with Crippen molar-refractivity contribution in [1.82, 2.24) is 10.3 Å². The van der Waals surface area contributed by atoms with Crippen LogP contribution in [-0.2, 0) is 0 Å². The number of pyridine rings is 1. The molecule has 1 aromatic carbocycles. The first-order valence-corrected chi connectivity index (χ1v) is 8.36. The molecule has 1 atom stereocenters. The van der Waals surface area contributed by atoms with Crippen LogP contribution in [0, 0.1) is 6.92 Å². The van der Waals surface area contributed by atoms with E-state index in [1.165, 1.54) is 4.88 Å². The van der Waals surface area contributed by atoms with Crippen molar-refractivity contribution in [2.24, 2.45) is 0 Å². The molecule has 2 aromatic heterocycles. The summed E-state index contributed by atoms with van der Waals surface area (Å²) in [5.41, 5.74) is 1.03. The van der Waals surface area contributed by atoms with Crippen LogP contribution in [0.1, 0.15) is 23.1 Å². The SMILES string of the molecule is CNCCC(Oc1cccc2c(C)nccc12)c1cccs1. The van der Waals surface area contributed by atoms with E-state index in [9.17, 15) is 0 Å². The van der Waals surface area contributed by atoms with Crippen LogP contribution in [0.3, 0.4) is 0 Å². The topological polar surface area (TPSA) is 34.1 Å². The van der Waals surface area contributed by atoms with Gasteiger partial charge in [-0.3, -0.25) is 4.98 Å². The summed E-state index contributed by atoms with van der Waals surface area (Å²) in [6.45, 7) is 2.96. The Kier molecular flexibility index (Phi) is 4.71. The molecule has 0 saturated heterocycles. The van der Waals surface area contributed by atoms with E-state index < -0.39 is 0 Å². The van der Waals surface area contributed by atoms with E-state index in [0.717, 1.165) is 35.2 Å². The van der Waals surface area contributed by atoms with Crippen molar-refractivity contribution < 1.29 is 4.74 Å². The number of hydrogen-bond donors (Lipinski definition) is 1. The maximum Gasteiger partial charge on any atom is 0.134 e. The maximum atomic E-state index is 6.37. The molecule has 3 aromatic rings. The predicted molar refractivity (Wildman–Crippen MR) is 92.7 cm³/mol. The number of aromatic nitrogens is 1. The number of nitrogens with one attached hydrogen (secondary N) is 1. The van der Waals surface area contributed by atoms with Gasteiger partial charge in [-0.25, -0.2) is 0 Å². The molecule has 0 aliphatic heterocycles. The van der Waals surface area contributed by atoms with Gasteiger partial charge in [-0.05, 0) is 44.1 Å². The van der Waals surface area contributed by atoms with Gasteiger partial charge in [0.1, 0.15) is 11.9 Å². The third-order valence-corrected chi connectivity index (χ3v) is 4.72. The molecule has 114 valence electrons. The average Bonchev–Trinajstić information content (AvgIpc) is 3.06. The normalized spacial score (nSPS) is 12.5. The lowest BCUT2D eigenvalue weighted by molar-refractivity contribution is 0.201. The van der Waals surface area contributed by atoms with Gasteiger partial charge in [0, 0.05) is 34.0 Å². The number of nitrogens with zero attached hydrogens (tertiary/aromatic N) is 1. The van der Waals surface area contributed by atoms with Gasteiger partial charge >= 0.3 is 0 Å². The van der Waals surface area contributed by atoms with E-state index in [2.05, 4.69) is 33.9 Å². The fourth-order valence-electron chi connectivity index (χ4n) is 2.59. The number of thiophene rings is 1. The second kappa shape index (κ2) is 6.90. The fraction of sp³-hybridized carbons (Fsp3) is 0.278. The molecule has 0 bridgehead atoms. The van der Waals surface area contributed by atoms with Crippen molar-refractivity contribution in [3.8, 4) is 5.75 Å². The minimum Gasteiger partial charge on any atom is -0.484 e. The third kappa shape index (κ3) is 3.13. The van der Waals surface area contributed by atoms with Gasteiger partial charge in [-0.2, -0.15) is 0 Å². The van der Waals surface area contributed by atoms with E-state index in [4.69, 9.17) is 4.74 Å². The zero-order valence-corrected chi connectivity index (χ0v) is 13.7. The first-order valence-electron chi connectivity index (χ1n) is 7.48. The number of rotatable bonds is 6. The fourth-order valence-corrected chi connectivity index (χ4v) is 3.38. The van der Waals surface area contributed by atoms with Crippen LogP contribution in [0.25, 0.3) is 10.8 Å². The first-order chi connectivity index (χ1) is 10.8. The van der Waals surface area contributed by atoms with Gasteiger partial charge in [0.2, 0.25) is 0 Å². The van der Waals surface area contributed by atoms with Gasteiger partial charge < -0.3 is 10.1 Å². The summed E-state index contributed by atoms with van der Waals surface area (Å²) in [6.07, 6.45) is 2.86. The minimum absolute atomic E-state index is 0.0755. The van der Waals surface area contributed by atoms with Crippen molar-refractivity contribution >= 4 is 22.1 Å². The van der Waals surface area contributed by atoms with Crippen molar-refractivity contribution in [3.05, 3.63) is 58.5 Å². The number of fused-ring (bicyclic) bond motifs is 1. The summed E-state index contributed by atoms with van der Waals surface area (Å²) in [7, 11) is 1.97. The van der Waals surface area contributed by atoms with Crippen molar-refractivity contribution in [1.29, 1.82) is 0 Å². The molecule has 0 aliphatic rings. The van der Waals surface area contributed by atoms with E-state index in [0.29, 0.717) is 0 Å². The molecule has 0 aliphatic carbocycles. The van der Waals surface area contributed by atoms with E-state index in [1.807, 2.05) is 38.4 Å². The van der Waals surface area contributed by atoms with E-state index >= 15 is 0 Å². The summed E-state index contributed by atoms with van der Waals surface area (Å²) < 4.78 is 6.37. The Morgan fingerprint density at radius 2 is 2.09 bits per heavy atom. The number of hydrogen-bond acceptors (Lipinski definition) is 4. The van der Waals surface area contributed by atoms with Crippen LogP contribution in [0.15, 0.2) is 48.0 Å². The second-order valence-electron chi connectivity index (χ2n) is 5.26.